The maximum Gasteiger partial charge on any atom is 0.335 e. The van der Waals surface area contributed by atoms with Gasteiger partial charge in [0.1, 0.15) is 0 Å². The van der Waals surface area contributed by atoms with E-state index in [1.165, 1.54) is 6.07 Å². The second-order valence-electron chi connectivity index (χ2n) is 5.66. The van der Waals surface area contributed by atoms with Gasteiger partial charge in [0, 0.05) is 30.8 Å². The lowest BCUT2D eigenvalue weighted by Crippen LogP contribution is -2.32. The molecule has 1 unspecified atom stereocenters. The van der Waals surface area contributed by atoms with Crippen molar-refractivity contribution in [2.24, 2.45) is 5.92 Å². The van der Waals surface area contributed by atoms with E-state index >= 15 is 0 Å². The lowest BCUT2D eigenvalue weighted by atomic mass is 10.0. The van der Waals surface area contributed by atoms with Gasteiger partial charge in [0.2, 0.25) is 0 Å². The third-order valence-corrected chi connectivity index (χ3v) is 3.93. The molecule has 1 aliphatic rings. The average molecular weight is 306 g/mol. The second-order valence-corrected chi connectivity index (χ2v) is 5.66. The highest BCUT2D eigenvalue weighted by molar-refractivity contribution is 5.98. The van der Waals surface area contributed by atoms with E-state index in [1.807, 2.05) is 0 Å². The largest absolute Gasteiger partial charge is 0.478 e. The lowest BCUT2D eigenvalue weighted by Gasteiger charge is -2.20. The Hall–Kier alpha value is -2.44. The smallest absolute Gasteiger partial charge is 0.335 e. The molecule has 1 saturated heterocycles. The van der Waals surface area contributed by atoms with Crippen LogP contribution < -0.4 is 0 Å². The van der Waals surface area contributed by atoms with Crippen LogP contribution in [-0.4, -0.2) is 39.9 Å². The molecule has 0 saturated carbocycles. The van der Waals surface area contributed by atoms with Crippen molar-refractivity contribution in [2.75, 3.05) is 13.1 Å². The van der Waals surface area contributed by atoms with Crippen molar-refractivity contribution in [3.63, 3.8) is 0 Å². The van der Waals surface area contributed by atoms with Crippen LogP contribution >= 0.6 is 0 Å². The van der Waals surface area contributed by atoms with E-state index < -0.39 is 10.9 Å². The third-order valence-electron chi connectivity index (χ3n) is 3.93. The van der Waals surface area contributed by atoms with Crippen molar-refractivity contribution in [2.45, 2.75) is 26.2 Å². The summed E-state index contributed by atoms with van der Waals surface area (Å²) >= 11 is 0. The van der Waals surface area contributed by atoms with Gasteiger partial charge >= 0.3 is 5.97 Å². The van der Waals surface area contributed by atoms with Gasteiger partial charge in [0.15, 0.2) is 0 Å². The quantitative estimate of drug-likeness (QED) is 0.683. The van der Waals surface area contributed by atoms with Crippen molar-refractivity contribution in [1.82, 2.24) is 4.90 Å². The number of carboxylic acids is 1. The Balaban J connectivity index is 2.31. The lowest BCUT2D eigenvalue weighted by molar-refractivity contribution is -0.384. The minimum absolute atomic E-state index is 0.0566. The van der Waals surface area contributed by atoms with Crippen molar-refractivity contribution in [3.8, 4) is 0 Å². The molecule has 0 aromatic heterocycles. The topological polar surface area (TPSA) is 101 Å². The van der Waals surface area contributed by atoms with Gasteiger partial charge in [-0.1, -0.05) is 6.92 Å². The Labute approximate surface area is 127 Å². The number of carboxylic acid groups (broad SMARTS) is 1. The predicted molar refractivity (Wildman–Crippen MR) is 79.0 cm³/mol. The zero-order valence-electron chi connectivity index (χ0n) is 12.3. The minimum atomic E-state index is -1.29. The standard InChI is InChI=1S/C15H18N2O5/c1-10-3-2-5-16(6-4-10)14(18)11-7-12(15(19)20)9-13(8-11)17(21)22/h7-10H,2-6H2,1H3,(H,19,20). The van der Waals surface area contributed by atoms with Crippen LogP contribution in [0.2, 0.25) is 0 Å². The summed E-state index contributed by atoms with van der Waals surface area (Å²) < 4.78 is 0. The summed E-state index contributed by atoms with van der Waals surface area (Å²) in [6.45, 7) is 3.31. The van der Waals surface area contributed by atoms with E-state index in [9.17, 15) is 19.7 Å². The summed E-state index contributed by atoms with van der Waals surface area (Å²) in [6.07, 6.45) is 2.80. The normalized spacial score (nSPS) is 18.6. The fourth-order valence-corrected chi connectivity index (χ4v) is 2.61. The zero-order valence-corrected chi connectivity index (χ0v) is 12.3. The molecule has 1 aromatic rings. The van der Waals surface area contributed by atoms with Crippen LogP contribution in [0.5, 0.6) is 0 Å². The summed E-state index contributed by atoms with van der Waals surface area (Å²) in [7, 11) is 0. The van der Waals surface area contributed by atoms with Crippen LogP contribution in [0.1, 0.15) is 46.9 Å². The Morgan fingerprint density at radius 3 is 2.55 bits per heavy atom. The first kappa shape index (κ1) is 15.9. The fraction of sp³-hybridized carbons (Fsp3) is 0.467. The van der Waals surface area contributed by atoms with E-state index in [-0.39, 0.29) is 22.7 Å². The molecule has 0 spiro atoms. The van der Waals surface area contributed by atoms with Gasteiger partial charge in [-0.2, -0.15) is 0 Å². The summed E-state index contributed by atoms with van der Waals surface area (Å²) in [5, 5.41) is 20.0. The van der Waals surface area contributed by atoms with Crippen LogP contribution in [-0.2, 0) is 0 Å². The molecule has 1 aromatic carbocycles. The van der Waals surface area contributed by atoms with E-state index in [0.717, 1.165) is 31.4 Å². The van der Waals surface area contributed by atoms with Gasteiger partial charge < -0.3 is 10.0 Å². The predicted octanol–water partition coefficient (Wildman–Crippen LogP) is 2.56. The summed E-state index contributed by atoms with van der Waals surface area (Å²) in [5.41, 5.74) is -0.576. The monoisotopic (exact) mass is 306 g/mol. The molecular weight excluding hydrogens is 288 g/mol. The molecule has 2 rings (SSSR count). The van der Waals surface area contributed by atoms with Gasteiger partial charge in [-0.3, -0.25) is 14.9 Å². The molecule has 7 nitrogen and oxygen atoms in total. The maximum absolute atomic E-state index is 12.5. The van der Waals surface area contributed by atoms with E-state index in [4.69, 9.17) is 5.11 Å². The highest BCUT2D eigenvalue weighted by atomic mass is 16.6. The first-order chi connectivity index (χ1) is 10.4. The van der Waals surface area contributed by atoms with Crippen LogP contribution in [0, 0.1) is 16.0 Å². The number of nitro groups is 1. The first-order valence-electron chi connectivity index (χ1n) is 7.20. The molecule has 0 radical (unpaired) electrons. The van der Waals surface area contributed by atoms with E-state index in [0.29, 0.717) is 19.0 Å². The molecule has 1 aliphatic heterocycles. The fourth-order valence-electron chi connectivity index (χ4n) is 2.61. The zero-order chi connectivity index (χ0) is 16.3. The number of nitrogens with zero attached hydrogens (tertiary/aromatic N) is 2. The highest BCUT2D eigenvalue weighted by Crippen LogP contribution is 2.22. The number of likely N-dealkylation sites (tertiary alicyclic amines) is 1. The molecular formula is C15H18N2O5. The molecule has 0 aliphatic carbocycles. The first-order valence-corrected chi connectivity index (χ1v) is 7.20. The van der Waals surface area contributed by atoms with Gasteiger partial charge in [0.05, 0.1) is 10.5 Å². The van der Waals surface area contributed by atoms with Gasteiger partial charge in [-0.15, -0.1) is 0 Å². The number of non-ortho nitro benzene ring substituents is 1. The number of nitro benzene ring substituents is 1. The van der Waals surface area contributed by atoms with Crippen molar-refractivity contribution < 1.29 is 19.6 Å². The third kappa shape index (κ3) is 3.60. The Morgan fingerprint density at radius 1 is 1.23 bits per heavy atom. The van der Waals surface area contributed by atoms with Crippen LogP contribution in [0.4, 0.5) is 5.69 Å². The Bertz CT molecular complexity index is 582. The Kier molecular flexibility index (Phi) is 4.75. The number of benzene rings is 1. The van der Waals surface area contributed by atoms with Crippen molar-refractivity contribution in [1.29, 1.82) is 0 Å². The highest BCUT2D eigenvalue weighted by Gasteiger charge is 2.23. The molecule has 118 valence electrons. The molecule has 1 amide bonds. The number of hydrogen-bond donors (Lipinski definition) is 1. The molecule has 1 heterocycles. The number of carbonyl (C=O) groups is 2. The SMILES string of the molecule is CC1CCCN(C(=O)c2cc(C(=O)O)cc([N+](=O)[O-])c2)CC1. The molecule has 1 fully saturated rings. The van der Waals surface area contributed by atoms with Gasteiger partial charge in [-0.25, -0.2) is 4.79 Å². The second kappa shape index (κ2) is 6.55. The summed E-state index contributed by atoms with van der Waals surface area (Å²) in [6, 6.07) is 3.30. The maximum atomic E-state index is 12.5. The number of aromatic carboxylic acids is 1. The molecule has 1 N–H and O–H groups in total. The van der Waals surface area contributed by atoms with Crippen LogP contribution in [0.15, 0.2) is 18.2 Å². The van der Waals surface area contributed by atoms with Crippen molar-refractivity contribution in [3.05, 3.63) is 39.4 Å². The van der Waals surface area contributed by atoms with Gasteiger partial charge in [0.25, 0.3) is 11.6 Å². The number of rotatable bonds is 3. The number of carbonyl (C=O) groups excluding carboxylic acids is 1. The van der Waals surface area contributed by atoms with E-state index in [2.05, 4.69) is 6.92 Å². The average Bonchev–Trinajstić information content (AvgIpc) is 2.70. The number of amides is 1. The molecule has 22 heavy (non-hydrogen) atoms. The van der Waals surface area contributed by atoms with Crippen LogP contribution in [0.25, 0.3) is 0 Å². The molecule has 1 atom stereocenters. The molecule has 7 heteroatoms. The summed E-state index contributed by atoms with van der Waals surface area (Å²) in [4.78, 5) is 35.5. The van der Waals surface area contributed by atoms with Crippen molar-refractivity contribution >= 4 is 17.6 Å². The van der Waals surface area contributed by atoms with E-state index in [1.54, 1.807) is 4.90 Å². The summed E-state index contributed by atoms with van der Waals surface area (Å²) in [5.74, 6) is -1.10. The number of hydrogen-bond acceptors (Lipinski definition) is 4. The van der Waals surface area contributed by atoms with Gasteiger partial charge in [-0.05, 0) is 31.2 Å². The van der Waals surface area contributed by atoms with Crippen LogP contribution in [0.3, 0.4) is 0 Å². The molecule has 0 bridgehead atoms. The minimum Gasteiger partial charge on any atom is -0.478 e. The Morgan fingerprint density at radius 2 is 1.91 bits per heavy atom.